The van der Waals surface area contributed by atoms with Gasteiger partial charge >= 0.3 is 6.03 Å². The highest BCUT2D eigenvalue weighted by Gasteiger charge is 2.57. The Morgan fingerprint density at radius 1 is 1.15 bits per heavy atom. The number of piperidine rings is 1. The number of hydrogen-bond acceptors (Lipinski definition) is 5. The fraction of sp³-hybridized carbons (Fsp3) is 0.462. The van der Waals surface area contributed by atoms with Gasteiger partial charge in [0.15, 0.2) is 5.54 Å². The van der Waals surface area contributed by atoms with Crippen molar-refractivity contribution in [1.82, 2.24) is 20.1 Å². The van der Waals surface area contributed by atoms with E-state index in [2.05, 4.69) is 22.5 Å². The summed E-state index contributed by atoms with van der Waals surface area (Å²) in [6.45, 7) is 1.55. The molecule has 2 aromatic rings. The molecule has 7 nitrogen and oxygen atoms in total. The Morgan fingerprint density at radius 3 is 2.68 bits per heavy atom. The molecule has 0 bridgehead atoms. The second kappa shape index (κ2) is 9.70. The van der Waals surface area contributed by atoms with E-state index in [-0.39, 0.29) is 29.7 Å². The van der Waals surface area contributed by atoms with E-state index in [9.17, 15) is 14.4 Å². The van der Waals surface area contributed by atoms with E-state index in [4.69, 9.17) is 0 Å². The number of carbonyl (C=O) groups excluding carboxylic acids is 3. The maximum atomic E-state index is 13.9. The first-order chi connectivity index (χ1) is 16.6. The third kappa shape index (κ3) is 4.15. The fourth-order valence-corrected chi connectivity index (χ4v) is 6.29. The Bertz CT molecular complexity index is 1060. The maximum Gasteiger partial charge on any atom is 0.325 e. The predicted molar refractivity (Wildman–Crippen MR) is 130 cm³/mol. The van der Waals surface area contributed by atoms with E-state index >= 15 is 0 Å². The quantitative estimate of drug-likeness (QED) is 0.507. The number of carbonyl (C=O) groups is 3. The van der Waals surface area contributed by atoms with Gasteiger partial charge in [0.1, 0.15) is 0 Å². The van der Waals surface area contributed by atoms with Gasteiger partial charge in [-0.2, -0.15) is 0 Å². The largest absolute Gasteiger partial charge is 0.342 e. The van der Waals surface area contributed by atoms with E-state index in [1.165, 1.54) is 4.90 Å². The van der Waals surface area contributed by atoms with Crippen LogP contribution in [0.25, 0.3) is 0 Å². The van der Waals surface area contributed by atoms with Crippen LogP contribution < -0.4 is 5.32 Å². The highest BCUT2D eigenvalue weighted by atomic mass is 32.1. The number of allylic oxidation sites excluding steroid dienone is 2. The van der Waals surface area contributed by atoms with Crippen LogP contribution in [-0.2, 0) is 21.5 Å². The predicted octanol–water partition coefficient (Wildman–Crippen LogP) is 3.73. The van der Waals surface area contributed by atoms with Crippen LogP contribution in [0.2, 0.25) is 0 Å². The molecule has 4 amide bonds. The molecule has 2 aromatic heterocycles. The molecule has 0 radical (unpaired) electrons. The van der Waals surface area contributed by atoms with Crippen molar-refractivity contribution in [3.63, 3.8) is 0 Å². The van der Waals surface area contributed by atoms with Crippen LogP contribution in [0.4, 0.5) is 4.79 Å². The lowest BCUT2D eigenvalue weighted by Crippen LogP contribution is -2.54. The summed E-state index contributed by atoms with van der Waals surface area (Å²) in [4.78, 5) is 48.7. The Kier molecular flexibility index (Phi) is 6.50. The number of nitrogens with zero attached hydrogens (tertiary/aromatic N) is 3. The van der Waals surface area contributed by atoms with Crippen molar-refractivity contribution in [1.29, 1.82) is 0 Å². The summed E-state index contributed by atoms with van der Waals surface area (Å²) in [6.07, 6.45) is 12.2. The first-order valence-electron chi connectivity index (χ1n) is 12.1. The van der Waals surface area contributed by atoms with E-state index in [0.717, 1.165) is 24.1 Å². The van der Waals surface area contributed by atoms with E-state index in [1.54, 1.807) is 29.8 Å². The number of amides is 4. The molecule has 8 heteroatoms. The third-order valence-corrected chi connectivity index (χ3v) is 8.38. The number of hydrogen-bond donors (Lipinski definition) is 1. The number of aromatic nitrogens is 1. The monoisotopic (exact) mass is 478 g/mol. The van der Waals surface area contributed by atoms with Gasteiger partial charge in [-0.05, 0) is 62.0 Å². The van der Waals surface area contributed by atoms with Gasteiger partial charge in [-0.3, -0.25) is 19.5 Å². The average Bonchev–Trinajstić information content (AvgIpc) is 3.50. The molecule has 0 saturated carbocycles. The average molecular weight is 479 g/mol. The number of imide groups is 1. The molecule has 1 aliphatic carbocycles. The highest BCUT2D eigenvalue weighted by Crippen LogP contribution is 2.41. The topological polar surface area (TPSA) is 82.6 Å². The molecule has 5 rings (SSSR count). The fourth-order valence-electron chi connectivity index (χ4n) is 5.59. The molecule has 1 N–H and O–H groups in total. The van der Waals surface area contributed by atoms with Crippen LogP contribution in [-0.4, -0.2) is 52.3 Å². The lowest BCUT2D eigenvalue weighted by atomic mass is 9.73. The smallest absolute Gasteiger partial charge is 0.325 e. The third-order valence-electron chi connectivity index (χ3n) is 7.45. The normalized spacial score (nSPS) is 25.6. The molecule has 0 aromatic carbocycles. The van der Waals surface area contributed by atoms with Gasteiger partial charge < -0.3 is 10.2 Å². The molecule has 3 aliphatic rings. The summed E-state index contributed by atoms with van der Waals surface area (Å²) in [5.74, 6) is -0.0218. The molecule has 2 saturated heterocycles. The van der Waals surface area contributed by atoms with Gasteiger partial charge in [-0.1, -0.05) is 24.3 Å². The number of likely N-dealkylation sites (tertiary alicyclic amines) is 1. The van der Waals surface area contributed by atoms with Gasteiger partial charge in [0.2, 0.25) is 5.91 Å². The molecule has 2 aliphatic heterocycles. The molecule has 34 heavy (non-hydrogen) atoms. The van der Waals surface area contributed by atoms with Crippen molar-refractivity contribution in [2.45, 2.75) is 44.1 Å². The summed E-state index contributed by atoms with van der Waals surface area (Å²) in [6, 6.07) is 7.33. The molecule has 4 heterocycles. The number of rotatable bonds is 6. The lowest BCUT2D eigenvalue weighted by molar-refractivity contribution is -0.139. The number of thiophene rings is 1. The van der Waals surface area contributed by atoms with Crippen LogP contribution in [0.1, 0.15) is 42.5 Å². The zero-order chi connectivity index (χ0) is 23.5. The summed E-state index contributed by atoms with van der Waals surface area (Å²) in [5, 5.41) is 5.08. The minimum atomic E-state index is -1.14. The Balaban J connectivity index is 1.35. The van der Waals surface area contributed by atoms with Gasteiger partial charge in [0.05, 0.1) is 0 Å². The zero-order valence-electron chi connectivity index (χ0n) is 19.2. The summed E-state index contributed by atoms with van der Waals surface area (Å²) in [5.41, 5.74) is -0.419. The summed E-state index contributed by atoms with van der Waals surface area (Å²) in [7, 11) is 0. The first-order valence-corrected chi connectivity index (χ1v) is 13.0. The van der Waals surface area contributed by atoms with Gasteiger partial charge in [-0.25, -0.2) is 4.79 Å². The SMILES string of the molecule is O=C(C1CC=CCC1)N1CCC(C2(c3cccnc3)NC(=O)N(CCc3cccs3)C2=O)CC1. The molecule has 2 atom stereocenters. The van der Waals surface area contributed by atoms with Crippen LogP contribution in [0.15, 0.2) is 54.2 Å². The maximum absolute atomic E-state index is 13.9. The Hall–Kier alpha value is -3.00. The summed E-state index contributed by atoms with van der Waals surface area (Å²) >= 11 is 1.63. The van der Waals surface area contributed by atoms with Gasteiger partial charge in [0, 0.05) is 48.4 Å². The van der Waals surface area contributed by atoms with Crippen LogP contribution >= 0.6 is 11.3 Å². The van der Waals surface area contributed by atoms with Crippen molar-refractivity contribution in [3.8, 4) is 0 Å². The second-order valence-corrected chi connectivity index (χ2v) is 10.4. The first kappa shape index (κ1) is 22.8. The van der Waals surface area contributed by atoms with E-state index in [1.807, 2.05) is 28.5 Å². The zero-order valence-corrected chi connectivity index (χ0v) is 20.0. The lowest BCUT2D eigenvalue weighted by Gasteiger charge is -2.41. The minimum Gasteiger partial charge on any atom is -0.342 e. The van der Waals surface area contributed by atoms with E-state index < -0.39 is 5.54 Å². The van der Waals surface area contributed by atoms with Crippen LogP contribution in [0, 0.1) is 11.8 Å². The number of urea groups is 1. The molecule has 0 spiro atoms. The second-order valence-electron chi connectivity index (χ2n) is 9.35. The number of nitrogens with one attached hydrogen (secondary N) is 1. The molecular formula is C26H30N4O3S. The highest BCUT2D eigenvalue weighted by molar-refractivity contribution is 7.09. The van der Waals surface area contributed by atoms with Crippen molar-refractivity contribution < 1.29 is 14.4 Å². The Morgan fingerprint density at radius 2 is 2.00 bits per heavy atom. The number of pyridine rings is 1. The van der Waals surface area contributed by atoms with Crippen molar-refractivity contribution in [2.24, 2.45) is 11.8 Å². The molecular weight excluding hydrogens is 448 g/mol. The molecule has 178 valence electrons. The van der Waals surface area contributed by atoms with Crippen LogP contribution in [0.5, 0.6) is 0 Å². The van der Waals surface area contributed by atoms with Crippen molar-refractivity contribution in [3.05, 3.63) is 64.6 Å². The van der Waals surface area contributed by atoms with Crippen molar-refractivity contribution in [2.75, 3.05) is 19.6 Å². The molecule has 2 unspecified atom stereocenters. The minimum absolute atomic E-state index is 0.0643. The Labute approximate surface area is 203 Å². The van der Waals surface area contributed by atoms with Gasteiger partial charge in [0.25, 0.3) is 5.91 Å². The van der Waals surface area contributed by atoms with Crippen molar-refractivity contribution >= 4 is 29.2 Å². The van der Waals surface area contributed by atoms with Gasteiger partial charge in [-0.15, -0.1) is 11.3 Å². The summed E-state index contributed by atoms with van der Waals surface area (Å²) < 4.78 is 0. The van der Waals surface area contributed by atoms with Crippen LogP contribution in [0.3, 0.4) is 0 Å². The standard InChI is InChI=1S/C26H30N4O3S/c31-23(19-6-2-1-3-7-19)29-14-10-20(11-15-29)26(21-8-4-13-27-18-21)24(32)30(25(33)28-26)16-12-22-9-5-17-34-22/h1-2,4-5,8-9,13,17-20H,3,6-7,10-12,14-16H2,(H,28,33). The van der Waals surface area contributed by atoms with E-state index in [0.29, 0.717) is 44.5 Å². The molecule has 2 fully saturated rings.